The van der Waals surface area contributed by atoms with E-state index in [1.54, 1.807) is 13.4 Å². The molecule has 0 bridgehead atoms. The van der Waals surface area contributed by atoms with E-state index in [0.29, 0.717) is 5.92 Å². The standard InChI is InChI=1S/C17H22N2O2/c1-20-17-7-3-2-6-16(17)19-9-8-14(13-19)11-18-12-15-5-4-10-21-15/h2-7,10,14,18H,8-9,11-13H2,1H3. The van der Waals surface area contributed by atoms with Gasteiger partial charge in [-0.1, -0.05) is 12.1 Å². The number of methoxy groups -OCH3 is 1. The zero-order valence-electron chi connectivity index (χ0n) is 12.4. The van der Waals surface area contributed by atoms with Crippen LogP contribution in [-0.2, 0) is 6.54 Å². The SMILES string of the molecule is COc1ccccc1N1CCC(CNCc2ccco2)C1. The van der Waals surface area contributed by atoms with Gasteiger partial charge >= 0.3 is 0 Å². The Kier molecular flexibility index (Phi) is 4.46. The summed E-state index contributed by atoms with van der Waals surface area (Å²) < 4.78 is 10.8. The van der Waals surface area contributed by atoms with Crippen molar-refractivity contribution in [1.29, 1.82) is 0 Å². The van der Waals surface area contributed by atoms with Crippen molar-refractivity contribution in [2.45, 2.75) is 13.0 Å². The van der Waals surface area contributed by atoms with E-state index in [-0.39, 0.29) is 0 Å². The van der Waals surface area contributed by atoms with Gasteiger partial charge in [-0.25, -0.2) is 0 Å². The first-order chi connectivity index (χ1) is 10.4. The van der Waals surface area contributed by atoms with Crippen molar-refractivity contribution in [3.05, 3.63) is 48.4 Å². The van der Waals surface area contributed by atoms with E-state index in [9.17, 15) is 0 Å². The first-order valence-electron chi connectivity index (χ1n) is 7.48. The Balaban J connectivity index is 1.51. The summed E-state index contributed by atoms with van der Waals surface area (Å²) in [6.07, 6.45) is 2.93. The summed E-state index contributed by atoms with van der Waals surface area (Å²) in [7, 11) is 1.73. The van der Waals surface area contributed by atoms with Gasteiger partial charge in [-0.15, -0.1) is 0 Å². The Morgan fingerprint density at radius 3 is 3.00 bits per heavy atom. The van der Waals surface area contributed by atoms with E-state index in [0.717, 1.165) is 37.7 Å². The highest BCUT2D eigenvalue weighted by Crippen LogP contribution is 2.31. The summed E-state index contributed by atoms with van der Waals surface area (Å²) in [6, 6.07) is 12.2. The maximum atomic E-state index is 5.45. The number of hydrogen-bond acceptors (Lipinski definition) is 4. The highest BCUT2D eigenvalue weighted by molar-refractivity contribution is 5.59. The molecule has 1 aliphatic heterocycles. The van der Waals surface area contributed by atoms with Crippen LogP contribution in [0, 0.1) is 5.92 Å². The van der Waals surface area contributed by atoms with E-state index in [2.05, 4.69) is 22.3 Å². The van der Waals surface area contributed by atoms with Gasteiger partial charge in [-0.3, -0.25) is 0 Å². The van der Waals surface area contributed by atoms with Gasteiger partial charge in [0, 0.05) is 19.6 Å². The molecule has 1 aliphatic rings. The Labute approximate surface area is 125 Å². The van der Waals surface area contributed by atoms with Crippen LogP contribution < -0.4 is 15.0 Å². The van der Waals surface area contributed by atoms with Gasteiger partial charge in [0.1, 0.15) is 11.5 Å². The fourth-order valence-electron chi connectivity index (χ4n) is 2.92. The minimum absolute atomic E-state index is 0.671. The minimum Gasteiger partial charge on any atom is -0.495 e. The summed E-state index contributed by atoms with van der Waals surface area (Å²) in [5.74, 6) is 2.63. The highest BCUT2D eigenvalue weighted by atomic mass is 16.5. The lowest BCUT2D eigenvalue weighted by atomic mass is 10.1. The number of para-hydroxylation sites is 2. The van der Waals surface area contributed by atoms with Crippen LogP contribution >= 0.6 is 0 Å². The quantitative estimate of drug-likeness (QED) is 0.886. The van der Waals surface area contributed by atoms with Gasteiger partial charge in [0.05, 0.1) is 25.6 Å². The molecule has 2 aromatic rings. The van der Waals surface area contributed by atoms with Crippen LogP contribution in [-0.4, -0.2) is 26.7 Å². The topological polar surface area (TPSA) is 37.6 Å². The molecule has 21 heavy (non-hydrogen) atoms. The second-order valence-corrected chi connectivity index (χ2v) is 5.48. The van der Waals surface area contributed by atoms with Gasteiger partial charge in [0.25, 0.3) is 0 Å². The minimum atomic E-state index is 0.671. The van der Waals surface area contributed by atoms with Crippen LogP contribution in [0.5, 0.6) is 5.75 Å². The molecule has 112 valence electrons. The highest BCUT2D eigenvalue weighted by Gasteiger charge is 2.24. The fraction of sp³-hybridized carbons (Fsp3) is 0.412. The Bertz CT molecular complexity index is 554. The molecule has 1 fully saturated rings. The van der Waals surface area contributed by atoms with E-state index in [4.69, 9.17) is 9.15 Å². The Hall–Kier alpha value is -1.94. The van der Waals surface area contributed by atoms with E-state index in [1.807, 2.05) is 24.3 Å². The van der Waals surface area contributed by atoms with Gasteiger partial charge in [-0.05, 0) is 36.6 Å². The Morgan fingerprint density at radius 2 is 2.19 bits per heavy atom. The number of hydrogen-bond donors (Lipinski definition) is 1. The summed E-state index contributed by atoms with van der Waals surface area (Å²) in [5, 5.41) is 3.48. The third kappa shape index (κ3) is 3.39. The van der Waals surface area contributed by atoms with Crippen molar-refractivity contribution in [1.82, 2.24) is 5.32 Å². The first kappa shape index (κ1) is 14.0. The normalized spacial score (nSPS) is 18.1. The van der Waals surface area contributed by atoms with Crippen LogP contribution in [0.3, 0.4) is 0 Å². The Morgan fingerprint density at radius 1 is 1.29 bits per heavy atom. The summed E-state index contributed by atoms with van der Waals surface area (Å²) in [4.78, 5) is 2.41. The van der Waals surface area contributed by atoms with Gasteiger partial charge in [0.15, 0.2) is 0 Å². The zero-order valence-corrected chi connectivity index (χ0v) is 12.4. The molecular formula is C17H22N2O2. The number of rotatable bonds is 6. The number of anilines is 1. The molecule has 0 aliphatic carbocycles. The summed E-state index contributed by atoms with van der Waals surface area (Å²) in [6.45, 7) is 3.99. The molecule has 1 unspecified atom stereocenters. The lowest BCUT2D eigenvalue weighted by Crippen LogP contribution is -2.26. The van der Waals surface area contributed by atoms with Crippen LogP contribution in [0.4, 0.5) is 5.69 Å². The van der Waals surface area contributed by atoms with Crippen molar-refractivity contribution < 1.29 is 9.15 Å². The second kappa shape index (κ2) is 6.68. The predicted octanol–water partition coefficient (Wildman–Crippen LogP) is 2.90. The zero-order chi connectivity index (χ0) is 14.5. The molecule has 0 saturated carbocycles. The van der Waals surface area contributed by atoms with Crippen molar-refractivity contribution in [3.63, 3.8) is 0 Å². The van der Waals surface area contributed by atoms with Crippen molar-refractivity contribution in [2.75, 3.05) is 31.6 Å². The molecule has 1 aromatic heterocycles. The molecule has 0 spiro atoms. The van der Waals surface area contributed by atoms with Crippen LogP contribution in [0.2, 0.25) is 0 Å². The number of nitrogens with zero attached hydrogens (tertiary/aromatic N) is 1. The summed E-state index contributed by atoms with van der Waals surface area (Å²) in [5.41, 5.74) is 1.20. The maximum Gasteiger partial charge on any atom is 0.142 e. The summed E-state index contributed by atoms with van der Waals surface area (Å²) >= 11 is 0. The van der Waals surface area contributed by atoms with E-state index >= 15 is 0 Å². The molecule has 1 saturated heterocycles. The molecule has 0 amide bonds. The predicted molar refractivity (Wildman–Crippen MR) is 83.7 cm³/mol. The third-order valence-electron chi connectivity index (χ3n) is 4.02. The van der Waals surface area contributed by atoms with Crippen LogP contribution in [0.1, 0.15) is 12.2 Å². The average Bonchev–Trinajstić information content (AvgIpc) is 3.19. The molecule has 1 aromatic carbocycles. The molecular weight excluding hydrogens is 264 g/mol. The van der Waals surface area contributed by atoms with E-state index < -0.39 is 0 Å². The monoisotopic (exact) mass is 286 g/mol. The van der Waals surface area contributed by atoms with Crippen LogP contribution in [0.25, 0.3) is 0 Å². The number of nitrogens with one attached hydrogen (secondary N) is 1. The largest absolute Gasteiger partial charge is 0.495 e. The lowest BCUT2D eigenvalue weighted by molar-refractivity contribution is 0.414. The first-order valence-corrected chi connectivity index (χ1v) is 7.48. The molecule has 1 N–H and O–H groups in total. The van der Waals surface area contributed by atoms with Crippen molar-refractivity contribution >= 4 is 5.69 Å². The molecule has 1 atom stereocenters. The van der Waals surface area contributed by atoms with Gasteiger partial charge in [-0.2, -0.15) is 0 Å². The van der Waals surface area contributed by atoms with Crippen molar-refractivity contribution in [3.8, 4) is 5.75 Å². The maximum absolute atomic E-state index is 5.45. The lowest BCUT2D eigenvalue weighted by Gasteiger charge is -2.21. The molecule has 4 nitrogen and oxygen atoms in total. The van der Waals surface area contributed by atoms with E-state index in [1.165, 1.54) is 12.1 Å². The fourth-order valence-corrected chi connectivity index (χ4v) is 2.92. The molecule has 3 rings (SSSR count). The number of benzene rings is 1. The average molecular weight is 286 g/mol. The van der Waals surface area contributed by atoms with Crippen molar-refractivity contribution in [2.24, 2.45) is 5.92 Å². The van der Waals surface area contributed by atoms with Gasteiger partial charge in [0.2, 0.25) is 0 Å². The molecule has 4 heteroatoms. The van der Waals surface area contributed by atoms with Crippen LogP contribution in [0.15, 0.2) is 47.1 Å². The smallest absolute Gasteiger partial charge is 0.142 e. The number of furan rings is 1. The molecule has 2 heterocycles. The third-order valence-corrected chi connectivity index (χ3v) is 4.02. The molecule has 0 radical (unpaired) electrons. The van der Waals surface area contributed by atoms with Gasteiger partial charge < -0.3 is 19.4 Å². The number of ether oxygens (including phenoxy) is 1. The second-order valence-electron chi connectivity index (χ2n) is 5.48.